The van der Waals surface area contributed by atoms with Gasteiger partial charge in [-0.3, -0.25) is 4.79 Å². The van der Waals surface area contributed by atoms with Crippen LogP contribution in [-0.2, 0) is 0 Å². The maximum absolute atomic E-state index is 12.1. The molecule has 112 valence electrons. The first-order valence-corrected chi connectivity index (χ1v) is 6.83. The zero-order chi connectivity index (χ0) is 15.6. The Balaban J connectivity index is 2.30. The van der Waals surface area contributed by atoms with E-state index in [0.717, 1.165) is 11.4 Å². The first-order valence-electron chi connectivity index (χ1n) is 6.83. The molecule has 0 aromatic carbocycles. The molecule has 2 aromatic rings. The molecule has 0 saturated heterocycles. The van der Waals surface area contributed by atoms with Crippen molar-refractivity contribution in [2.75, 3.05) is 12.3 Å². The van der Waals surface area contributed by atoms with Crippen molar-refractivity contribution >= 4 is 11.7 Å². The van der Waals surface area contributed by atoms with Crippen LogP contribution in [0.5, 0.6) is 0 Å². The maximum Gasteiger partial charge on any atom is 0.256 e. The molecule has 0 aliphatic heterocycles. The van der Waals surface area contributed by atoms with Crippen molar-refractivity contribution in [2.45, 2.75) is 27.7 Å². The van der Waals surface area contributed by atoms with Crippen LogP contribution in [0.2, 0.25) is 0 Å². The van der Waals surface area contributed by atoms with Crippen LogP contribution in [-0.4, -0.2) is 32.2 Å². The van der Waals surface area contributed by atoms with Gasteiger partial charge in [0.25, 0.3) is 11.9 Å². The number of carbonyl (C=O) groups excluding carboxylic acids is 1. The second-order valence-corrected chi connectivity index (χ2v) is 5.41. The van der Waals surface area contributed by atoms with E-state index in [-0.39, 0.29) is 11.7 Å². The molecule has 0 radical (unpaired) electrons. The third-order valence-corrected chi connectivity index (χ3v) is 2.88. The summed E-state index contributed by atoms with van der Waals surface area (Å²) in [6.45, 7) is 8.37. The van der Waals surface area contributed by atoms with E-state index in [0.29, 0.717) is 24.0 Å². The van der Waals surface area contributed by atoms with Crippen LogP contribution in [0.4, 0.5) is 5.82 Å². The molecule has 0 aliphatic carbocycles. The number of aryl methyl sites for hydroxylation is 2. The fourth-order valence-corrected chi connectivity index (χ4v) is 1.89. The zero-order valence-electron chi connectivity index (χ0n) is 12.7. The van der Waals surface area contributed by atoms with Crippen molar-refractivity contribution in [3.05, 3.63) is 29.2 Å². The van der Waals surface area contributed by atoms with Gasteiger partial charge in [0, 0.05) is 17.9 Å². The lowest BCUT2D eigenvalue weighted by atomic mass is 10.2. The summed E-state index contributed by atoms with van der Waals surface area (Å²) in [5, 5.41) is 6.94. The summed E-state index contributed by atoms with van der Waals surface area (Å²) in [6.07, 6.45) is 1.44. The molecule has 7 heteroatoms. The van der Waals surface area contributed by atoms with Crippen LogP contribution >= 0.6 is 0 Å². The number of carbonyl (C=O) groups is 1. The number of nitrogens with zero attached hydrogens (tertiary/aromatic N) is 4. The van der Waals surface area contributed by atoms with Crippen LogP contribution in [0, 0.1) is 19.8 Å². The van der Waals surface area contributed by atoms with Gasteiger partial charge in [-0.25, -0.2) is 9.97 Å². The molecule has 2 aromatic heterocycles. The number of aromatic nitrogens is 4. The third kappa shape index (κ3) is 3.36. The second-order valence-electron chi connectivity index (χ2n) is 5.41. The van der Waals surface area contributed by atoms with E-state index in [9.17, 15) is 4.79 Å². The molecule has 3 N–H and O–H groups in total. The van der Waals surface area contributed by atoms with Gasteiger partial charge in [-0.05, 0) is 25.8 Å². The predicted molar refractivity (Wildman–Crippen MR) is 80.2 cm³/mol. The van der Waals surface area contributed by atoms with Crippen molar-refractivity contribution in [1.29, 1.82) is 0 Å². The number of hydrogen-bond donors (Lipinski definition) is 2. The van der Waals surface area contributed by atoms with Gasteiger partial charge in [-0.2, -0.15) is 9.78 Å². The van der Waals surface area contributed by atoms with Gasteiger partial charge in [0.05, 0.1) is 6.20 Å². The van der Waals surface area contributed by atoms with Gasteiger partial charge in [0.1, 0.15) is 11.4 Å². The quantitative estimate of drug-likeness (QED) is 0.882. The molecular formula is C14H20N6O. The number of anilines is 1. The van der Waals surface area contributed by atoms with Gasteiger partial charge >= 0.3 is 0 Å². The Kier molecular flexibility index (Phi) is 4.21. The summed E-state index contributed by atoms with van der Waals surface area (Å²) in [4.78, 5) is 20.6. The molecular weight excluding hydrogens is 268 g/mol. The highest BCUT2D eigenvalue weighted by Gasteiger charge is 2.17. The molecule has 0 fully saturated rings. The largest absolute Gasteiger partial charge is 0.383 e. The van der Waals surface area contributed by atoms with E-state index < -0.39 is 0 Å². The number of rotatable bonds is 4. The van der Waals surface area contributed by atoms with Crippen molar-refractivity contribution < 1.29 is 4.79 Å². The number of hydrogen-bond acceptors (Lipinski definition) is 5. The SMILES string of the molecule is Cc1cc(C)nc(-n2ncc(C(=O)NCC(C)C)c2N)n1. The minimum atomic E-state index is -0.239. The second kappa shape index (κ2) is 5.90. The minimum absolute atomic E-state index is 0.237. The molecule has 0 atom stereocenters. The molecule has 0 spiro atoms. The average molecular weight is 288 g/mol. The number of nitrogen functional groups attached to an aromatic ring is 1. The smallest absolute Gasteiger partial charge is 0.256 e. The molecule has 2 heterocycles. The molecule has 0 saturated carbocycles. The van der Waals surface area contributed by atoms with E-state index in [1.165, 1.54) is 10.9 Å². The third-order valence-electron chi connectivity index (χ3n) is 2.88. The van der Waals surface area contributed by atoms with Crippen LogP contribution in [0.3, 0.4) is 0 Å². The highest BCUT2D eigenvalue weighted by molar-refractivity contribution is 5.98. The molecule has 0 bridgehead atoms. The summed E-state index contributed by atoms with van der Waals surface area (Å²) < 4.78 is 1.38. The molecule has 7 nitrogen and oxygen atoms in total. The van der Waals surface area contributed by atoms with Gasteiger partial charge in [-0.15, -0.1) is 0 Å². The highest BCUT2D eigenvalue weighted by atomic mass is 16.1. The topological polar surface area (TPSA) is 98.7 Å². The summed E-state index contributed by atoms with van der Waals surface area (Å²) >= 11 is 0. The Labute approximate surface area is 123 Å². The van der Waals surface area contributed by atoms with Crippen molar-refractivity contribution in [1.82, 2.24) is 25.1 Å². The van der Waals surface area contributed by atoms with E-state index in [4.69, 9.17) is 5.73 Å². The molecule has 21 heavy (non-hydrogen) atoms. The molecule has 2 rings (SSSR count). The summed E-state index contributed by atoms with van der Waals surface area (Å²) in [6, 6.07) is 1.86. The van der Waals surface area contributed by atoms with Crippen LogP contribution < -0.4 is 11.1 Å². The van der Waals surface area contributed by atoms with Crippen LogP contribution in [0.1, 0.15) is 35.6 Å². The van der Waals surface area contributed by atoms with E-state index in [1.54, 1.807) is 0 Å². The number of nitrogens with two attached hydrogens (primary N) is 1. The standard InChI is InChI=1S/C14H20N6O/c1-8(2)6-16-13(21)11-7-17-20(12(11)15)14-18-9(3)5-10(4)19-14/h5,7-8H,6,15H2,1-4H3,(H,16,21). The lowest BCUT2D eigenvalue weighted by Crippen LogP contribution is -2.27. The molecule has 1 amide bonds. The van der Waals surface area contributed by atoms with Gasteiger partial charge < -0.3 is 11.1 Å². The van der Waals surface area contributed by atoms with E-state index in [2.05, 4.69) is 20.4 Å². The number of amides is 1. The predicted octanol–water partition coefficient (Wildman–Crippen LogP) is 1.25. The van der Waals surface area contributed by atoms with Gasteiger partial charge in [0.2, 0.25) is 0 Å². The monoisotopic (exact) mass is 288 g/mol. The summed E-state index contributed by atoms with van der Waals surface area (Å²) in [5.74, 6) is 0.735. The Morgan fingerprint density at radius 3 is 2.52 bits per heavy atom. The lowest BCUT2D eigenvalue weighted by Gasteiger charge is -2.08. The molecule has 0 unspecified atom stereocenters. The average Bonchev–Trinajstić information content (AvgIpc) is 2.76. The fourth-order valence-electron chi connectivity index (χ4n) is 1.89. The zero-order valence-corrected chi connectivity index (χ0v) is 12.7. The minimum Gasteiger partial charge on any atom is -0.383 e. The van der Waals surface area contributed by atoms with Crippen molar-refractivity contribution in [2.24, 2.45) is 5.92 Å². The van der Waals surface area contributed by atoms with E-state index >= 15 is 0 Å². The Morgan fingerprint density at radius 1 is 1.33 bits per heavy atom. The number of nitrogens with one attached hydrogen (secondary N) is 1. The normalized spacial score (nSPS) is 10.9. The summed E-state index contributed by atoms with van der Waals surface area (Å²) in [7, 11) is 0. The Morgan fingerprint density at radius 2 is 1.95 bits per heavy atom. The first-order chi connectivity index (χ1) is 9.88. The van der Waals surface area contributed by atoms with Crippen LogP contribution in [0.15, 0.2) is 12.3 Å². The van der Waals surface area contributed by atoms with Crippen molar-refractivity contribution in [3.63, 3.8) is 0 Å². The van der Waals surface area contributed by atoms with E-state index in [1.807, 2.05) is 33.8 Å². The van der Waals surface area contributed by atoms with Crippen molar-refractivity contribution in [3.8, 4) is 5.95 Å². The lowest BCUT2D eigenvalue weighted by molar-refractivity contribution is 0.0950. The fraction of sp³-hybridized carbons (Fsp3) is 0.429. The highest BCUT2D eigenvalue weighted by Crippen LogP contribution is 2.15. The maximum atomic E-state index is 12.1. The Hall–Kier alpha value is -2.44. The molecule has 0 aliphatic rings. The van der Waals surface area contributed by atoms with Crippen LogP contribution in [0.25, 0.3) is 5.95 Å². The van der Waals surface area contributed by atoms with Gasteiger partial charge in [-0.1, -0.05) is 13.8 Å². The summed E-state index contributed by atoms with van der Waals surface area (Å²) in [5.41, 5.74) is 7.97. The van der Waals surface area contributed by atoms with Gasteiger partial charge in [0.15, 0.2) is 0 Å². The Bertz CT molecular complexity index is 641. The first kappa shape index (κ1) is 15.0.